The fourth-order valence-corrected chi connectivity index (χ4v) is 2.16. The molecule has 1 aromatic heterocycles. The van der Waals surface area contributed by atoms with E-state index in [4.69, 9.17) is 0 Å². The maximum Gasteiger partial charge on any atom is 0.280 e. The minimum absolute atomic E-state index is 0.213. The Morgan fingerprint density at radius 2 is 2.00 bits per heavy atom. The summed E-state index contributed by atoms with van der Waals surface area (Å²) in [7, 11) is 0. The van der Waals surface area contributed by atoms with Gasteiger partial charge < -0.3 is 0 Å². The molecule has 12 heavy (non-hydrogen) atoms. The molecule has 0 spiro atoms. The largest absolute Gasteiger partial charge is 0.280 e. The normalized spacial score (nSPS) is 10.8. The molecule has 0 saturated carbocycles. The van der Waals surface area contributed by atoms with Crippen molar-refractivity contribution < 1.29 is 8.78 Å². The zero-order valence-electron chi connectivity index (χ0n) is 5.49. The Morgan fingerprint density at radius 1 is 1.42 bits per heavy atom. The van der Waals surface area contributed by atoms with Crippen LogP contribution in [0.4, 0.5) is 8.78 Å². The van der Waals surface area contributed by atoms with Gasteiger partial charge in [-0.15, -0.1) is 0 Å². The molecule has 1 heterocycles. The van der Waals surface area contributed by atoms with Gasteiger partial charge in [-0.05, 0) is 60.5 Å². The van der Waals surface area contributed by atoms with Crippen LogP contribution in [0.25, 0.3) is 0 Å². The lowest BCUT2D eigenvalue weighted by atomic mass is 10.4. The Bertz CT molecular complexity index is 283. The van der Waals surface area contributed by atoms with E-state index in [1.165, 1.54) is 6.07 Å². The molecular weight excluding hydrogens is 411 g/mol. The first kappa shape index (κ1) is 10.8. The number of aromatic nitrogens is 1. The monoisotopic (exact) mass is 411 g/mol. The number of hydrogen-bond donors (Lipinski definition) is 0. The first-order valence-corrected chi connectivity index (χ1v) is 5.48. The Hall–Kier alpha value is 0.700. The zero-order chi connectivity index (χ0) is 9.30. The third-order valence-corrected chi connectivity index (χ3v) is 4.60. The van der Waals surface area contributed by atoms with Gasteiger partial charge in [0, 0.05) is 4.47 Å². The van der Waals surface area contributed by atoms with Crippen LogP contribution in [0.2, 0.25) is 0 Å². The summed E-state index contributed by atoms with van der Waals surface area (Å²) < 4.78 is 26.1. The molecule has 0 radical (unpaired) electrons. The average Bonchev–Trinajstić information content (AvgIpc) is 1.99. The van der Waals surface area contributed by atoms with Crippen molar-refractivity contribution in [2.24, 2.45) is 0 Å². The summed E-state index contributed by atoms with van der Waals surface area (Å²) in [5.41, 5.74) is -0.213. The quantitative estimate of drug-likeness (QED) is 0.499. The molecule has 0 atom stereocenters. The van der Waals surface area contributed by atoms with Crippen molar-refractivity contribution in [2.45, 2.75) is 6.43 Å². The standard InChI is InChI=1S/C6H2Br2F2IN/c7-2-1-3(5(9)10)12-6(11)4(2)8/h1,5H. The predicted octanol–water partition coefficient (Wildman–Crippen LogP) is 4.15. The first-order chi connectivity index (χ1) is 5.52. The van der Waals surface area contributed by atoms with Gasteiger partial charge in [-0.2, -0.15) is 0 Å². The zero-order valence-corrected chi connectivity index (χ0v) is 10.8. The fourth-order valence-electron chi connectivity index (χ4n) is 0.598. The smallest absolute Gasteiger partial charge is 0.240 e. The minimum atomic E-state index is -2.53. The van der Waals surface area contributed by atoms with Gasteiger partial charge in [-0.25, -0.2) is 13.8 Å². The van der Waals surface area contributed by atoms with E-state index in [9.17, 15) is 8.78 Å². The van der Waals surface area contributed by atoms with Crippen LogP contribution in [0.15, 0.2) is 15.0 Å². The molecule has 0 aromatic carbocycles. The lowest BCUT2D eigenvalue weighted by molar-refractivity contribution is 0.145. The van der Waals surface area contributed by atoms with Gasteiger partial charge in [0.2, 0.25) is 0 Å². The van der Waals surface area contributed by atoms with Crippen molar-refractivity contribution in [1.82, 2.24) is 4.98 Å². The number of halogens is 5. The number of nitrogens with zero attached hydrogens (tertiary/aromatic N) is 1. The molecule has 6 heteroatoms. The number of hydrogen-bond acceptors (Lipinski definition) is 1. The maximum absolute atomic E-state index is 12.2. The van der Waals surface area contributed by atoms with E-state index in [1.54, 1.807) is 0 Å². The summed E-state index contributed by atoms with van der Waals surface area (Å²) in [6.07, 6.45) is -2.53. The van der Waals surface area contributed by atoms with Crippen molar-refractivity contribution >= 4 is 54.5 Å². The molecular formula is C6H2Br2F2IN. The van der Waals surface area contributed by atoms with E-state index in [1.807, 2.05) is 22.6 Å². The molecule has 0 aliphatic carbocycles. The number of pyridine rings is 1. The predicted molar refractivity (Wildman–Crippen MR) is 57.3 cm³/mol. The lowest BCUT2D eigenvalue weighted by Gasteiger charge is -2.03. The third-order valence-electron chi connectivity index (χ3n) is 1.12. The lowest BCUT2D eigenvalue weighted by Crippen LogP contribution is -1.93. The van der Waals surface area contributed by atoms with Crippen LogP contribution in [0, 0.1) is 3.70 Å². The van der Waals surface area contributed by atoms with Crippen LogP contribution in [-0.4, -0.2) is 4.98 Å². The van der Waals surface area contributed by atoms with Crippen molar-refractivity contribution in [3.63, 3.8) is 0 Å². The van der Waals surface area contributed by atoms with Crippen LogP contribution in [-0.2, 0) is 0 Å². The first-order valence-electron chi connectivity index (χ1n) is 2.82. The van der Waals surface area contributed by atoms with Crippen LogP contribution >= 0.6 is 54.5 Å². The topological polar surface area (TPSA) is 12.9 Å². The highest BCUT2D eigenvalue weighted by molar-refractivity contribution is 14.1. The summed E-state index contributed by atoms with van der Waals surface area (Å²) in [5.74, 6) is 0. The second-order valence-corrected chi connectivity index (χ2v) is 4.60. The van der Waals surface area contributed by atoms with Gasteiger partial charge in [-0.1, -0.05) is 0 Å². The van der Waals surface area contributed by atoms with Crippen LogP contribution in [0.5, 0.6) is 0 Å². The Morgan fingerprint density at radius 3 is 2.42 bits per heavy atom. The Balaban J connectivity index is 3.21. The second-order valence-electron chi connectivity index (χ2n) is 1.93. The molecule has 0 saturated heterocycles. The third kappa shape index (κ3) is 2.35. The molecule has 0 bridgehead atoms. The van der Waals surface area contributed by atoms with Gasteiger partial charge in [-0.3, -0.25) is 0 Å². The summed E-state index contributed by atoms with van der Waals surface area (Å²) >= 11 is 8.23. The summed E-state index contributed by atoms with van der Waals surface area (Å²) in [6.45, 7) is 0. The molecule has 1 aromatic rings. The summed E-state index contributed by atoms with van der Waals surface area (Å²) in [5, 5.41) is 0. The van der Waals surface area contributed by atoms with E-state index in [0.717, 1.165) is 0 Å². The van der Waals surface area contributed by atoms with Crippen molar-refractivity contribution in [1.29, 1.82) is 0 Å². The molecule has 0 unspecified atom stereocenters. The van der Waals surface area contributed by atoms with E-state index in [2.05, 4.69) is 36.8 Å². The van der Waals surface area contributed by atoms with Gasteiger partial charge in [0.05, 0.1) is 4.47 Å². The highest BCUT2D eigenvalue weighted by atomic mass is 127. The van der Waals surface area contributed by atoms with Gasteiger partial charge in [0.25, 0.3) is 6.43 Å². The Labute approximate surface area is 98.3 Å². The SMILES string of the molecule is FC(F)c1cc(Br)c(Br)c(I)n1. The van der Waals surface area contributed by atoms with Gasteiger partial charge in [0.1, 0.15) is 9.39 Å². The summed E-state index contributed by atoms with van der Waals surface area (Å²) in [6, 6.07) is 1.30. The highest BCUT2D eigenvalue weighted by Crippen LogP contribution is 2.30. The number of rotatable bonds is 1. The second kappa shape index (κ2) is 4.28. The van der Waals surface area contributed by atoms with E-state index >= 15 is 0 Å². The van der Waals surface area contributed by atoms with Crippen molar-refractivity contribution in [3.05, 3.63) is 24.4 Å². The van der Waals surface area contributed by atoms with Crippen LogP contribution in [0.3, 0.4) is 0 Å². The van der Waals surface area contributed by atoms with E-state index in [0.29, 0.717) is 12.6 Å². The van der Waals surface area contributed by atoms with Gasteiger partial charge >= 0.3 is 0 Å². The summed E-state index contributed by atoms with van der Waals surface area (Å²) in [4.78, 5) is 3.69. The molecule has 0 N–H and O–H groups in total. The van der Waals surface area contributed by atoms with E-state index in [-0.39, 0.29) is 5.69 Å². The molecule has 0 amide bonds. The molecule has 0 aliphatic rings. The maximum atomic E-state index is 12.2. The number of alkyl halides is 2. The van der Waals surface area contributed by atoms with E-state index < -0.39 is 6.43 Å². The van der Waals surface area contributed by atoms with Gasteiger partial charge in [0.15, 0.2) is 0 Å². The average molecular weight is 413 g/mol. The highest BCUT2D eigenvalue weighted by Gasteiger charge is 2.13. The molecule has 66 valence electrons. The molecule has 0 aliphatic heterocycles. The molecule has 0 fully saturated rings. The molecule has 1 nitrogen and oxygen atoms in total. The minimum Gasteiger partial charge on any atom is -0.240 e. The van der Waals surface area contributed by atoms with Crippen molar-refractivity contribution in [3.8, 4) is 0 Å². The molecule has 1 rings (SSSR count). The van der Waals surface area contributed by atoms with Crippen LogP contribution < -0.4 is 0 Å². The fraction of sp³-hybridized carbons (Fsp3) is 0.167. The Kier molecular flexibility index (Phi) is 3.84. The van der Waals surface area contributed by atoms with Crippen molar-refractivity contribution in [2.75, 3.05) is 0 Å². The van der Waals surface area contributed by atoms with Crippen LogP contribution in [0.1, 0.15) is 12.1 Å².